The van der Waals surface area contributed by atoms with Crippen LogP contribution >= 0.6 is 0 Å². The SMILES string of the molecule is Cn1ccnc1C(O)CNC(=O)c1n[nH]c2ccccc12.O=C(O)C(F)(F)F. The average molecular weight is 399 g/mol. The van der Waals surface area contributed by atoms with Crippen LogP contribution in [-0.4, -0.2) is 54.6 Å². The van der Waals surface area contributed by atoms with Gasteiger partial charge in [0.15, 0.2) is 5.69 Å². The Balaban J connectivity index is 0.000000345. The molecule has 3 aromatic rings. The highest BCUT2D eigenvalue weighted by Crippen LogP contribution is 2.15. The van der Waals surface area contributed by atoms with Gasteiger partial charge in [0.05, 0.1) is 12.1 Å². The molecule has 9 nitrogen and oxygen atoms in total. The summed E-state index contributed by atoms with van der Waals surface area (Å²) in [5.41, 5.74) is 1.12. The summed E-state index contributed by atoms with van der Waals surface area (Å²) in [6, 6.07) is 7.38. The number of carbonyl (C=O) groups is 2. The number of alkyl halides is 3. The van der Waals surface area contributed by atoms with Gasteiger partial charge in [-0.25, -0.2) is 9.78 Å². The number of carboxylic acid groups (broad SMARTS) is 1. The predicted molar refractivity (Wildman–Crippen MR) is 90.3 cm³/mol. The molecule has 3 rings (SSSR count). The van der Waals surface area contributed by atoms with Crippen molar-refractivity contribution in [2.75, 3.05) is 6.54 Å². The molecule has 0 fully saturated rings. The van der Waals surface area contributed by atoms with Gasteiger partial charge in [-0.1, -0.05) is 18.2 Å². The van der Waals surface area contributed by atoms with Crippen LogP contribution in [0.5, 0.6) is 0 Å². The molecule has 0 saturated heterocycles. The molecule has 2 heterocycles. The molecule has 1 aromatic carbocycles. The number of nitrogens with zero attached hydrogens (tertiary/aromatic N) is 3. The van der Waals surface area contributed by atoms with Crippen molar-refractivity contribution in [1.29, 1.82) is 0 Å². The average Bonchev–Trinajstić information content (AvgIpc) is 3.25. The molecule has 0 bridgehead atoms. The second-order valence-electron chi connectivity index (χ2n) is 5.54. The first-order chi connectivity index (χ1) is 13.1. The van der Waals surface area contributed by atoms with E-state index < -0.39 is 18.2 Å². The highest BCUT2D eigenvalue weighted by molar-refractivity contribution is 6.04. The zero-order chi connectivity index (χ0) is 20.9. The zero-order valence-electron chi connectivity index (χ0n) is 14.4. The monoisotopic (exact) mass is 399 g/mol. The number of fused-ring (bicyclic) bond motifs is 1. The van der Waals surface area contributed by atoms with E-state index >= 15 is 0 Å². The van der Waals surface area contributed by atoms with Gasteiger partial charge in [0, 0.05) is 24.8 Å². The van der Waals surface area contributed by atoms with Gasteiger partial charge in [-0.15, -0.1) is 0 Å². The van der Waals surface area contributed by atoms with Gasteiger partial charge in [0.1, 0.15) is 11.9 Å². The number of aliphatic carboxylic acids is 1. The molecule has 2 aromatic heterocycles. The smallest absolute Gasteiger partial charge is 0.475 e. The van der Waals surface area contributed by atoms with Crippen LogP contribution in [0.4, 0.5) is 13.2 Å². The number of imidazole rings is 1. The normalized spacial score (nSPS) is 12.2. The molecule has 0 aliphatic rings. The molecule has 28 heavy (non-hydrogen) atoms. The van der Waals surface area contributed by atoms with E-state index in [4.69, 9.17) is 9.90 Å². The molecule has 12 heteroatoms. The zero-order valence-corrected chi connectivity index (χ0v) is 14.4. The number of aliphatic hydroxyl groups excluding tert-OH is 1. The number of nitrogens with one attached hydrogen (secondary N) is 2. The number of halogens is 3. The molecule has 0 saturated carbocycles. The minimum atomic E-state index is -5.08. The molecule has 1 atom stereocenters. The van der Waals surface area contributed by atoms with E-state index in [1.807, 2.05) is 24.3 Å². The van der Waals surface area contributed by atoms with E-state index in [9.17, 15) is 23.1 Å². The Morgan fingerprint density at radius 1 is 1.32 bits per heavy atom. The molecular formula is C16H16F3N5O4. The number of hydrogen-bond donors (Lipinski definition) is 4. The van der Waals surface area contributed by atoms with Crippen LogP contribution < -0.4 is 5.32 Å². The number of aryl methyl sites for hydroxylation is 1. The van der Waals surface area contributed by atoms with Gasteiger partial charge in [-0.3, -0.25) is 9.89 Å². The Morgan fingerprint density at radius 3 is 2.54 bits per heavy atom. The Bertz CT molecular complexity index is 966. The van der Waals surface area contributed by atoms with Crippen molar-refractivity contribution in [2.45, 2.75) is 12.3 Å². The number of aromatic amines is 1. The second-order valence-corrected chi connectivity index (χ2v) is 5.54. The number of benzene rings is 1. The van der Waals surface area contributed by atoms with Crippen molar-refractivity contribution >= 4 is 22.8 Å². The van der Waals surface area contributed by atoms with Crippen molar-refractivity contribution in [3.8, 4) is 0 Å². The quantitative estimate of drug-likeness (QED) is 0.524. The maximum absolute atomic E-state index is 12.1. The van der Waals surface area contributed by atoms with Gasteiger partial charge < -0.3 is 20.1 Å². The van der Waals surface area contributed by atoms with Crippen molar-refractivity contribution < 1.29 is 33.0 Å². The lowest BCUT2D eigenvalue weighted by atomic mass is 10.2. The van der Waals surface area contributed by atoms with E-state index in [2.05, 4.69) is 20.5 Å². The summed E-state index contributed by atoms with van der Waals surface area (Å²) in [5, 5.41) is 27.4. The number of amides is 1. The van der Waals surface area contributed by atoms with Crippen molar-refractivity contribution in [3.05, 3.63) is 48.2 Å². The van der Waals surface area contributed by atoms with Crippen molar-refractivity contribution in [1.82, 2.24) is 25.1 Å². The lowest BCUT2D eigenvalue weighted by Crippen LogP contribution is -2.29. The molecule has 1 unspecified atom stereocenters. The summed E-state index contributed by atoms with van der Waals surface area (Å²) in [5.74, 6) is -2.59. The first-order valence-electron chi connectivity index (χ1n) is 7.78. The van der Waals surface area contributed by atoms with Gasteiger partial charge >= 0.3 is 12.1 Å². The summed E-state index contributed by atoms with van der Waals surface area (Å²) < 4.78 is 33.4. The van der Waals surface area contributed by atoms with Crippen LogP contribution in [0, 0.1) is 0 Å². The van der Waals surface area contributed by atoms with E-state index in [0.29, 0.717) is 11.5 Å². The molecular weight excluding hydrogens is 383 g/mol. The largest absolute Gasteiger partial charge is 0.490 e. The van der Waals surface area contributed by atoms with E-state index in [1.165, 1.54) is 0 Å². The lowest BCUT2D eigenvalue weighted by Gasteiger charge is -2.11. The number of hydrogen-bond acceptors (Lipinski definition) is 5. The Hall–Kier alpha value is -3.41. The summed E-state index contributed by atoms with van der Waals surface area (Å²) in [7, 11) is 1.79. The standard InChI is InChI=1S/C14H15N5O2.C2HF3O2/c1-19-7-6-15-13(19)11(20)8-16-14(21)12-9-4-2-3-5-10(9)17-18-12;3-2(4,5)1(6)7/h2-7,11,20H,8H2,1H3,(H,16,21)(H,17,18);(H,6,7). The Morgan fingerprint density at radius 2 is 1.96 bits per heavy atom. The van der Waals surface area contributed by atoms with E-state index in [-0.39, 0.29) is 12.5 Å². The first kappa shape index (κ1) is 20.9. The first-order valence-corrected chi connectivity index (χ1v) is 7.78. The van der Waals surface area contributed by atoms with Gasteiger partial charge in [-0.05, 0) is 6.07 Å². The van der Waals surface area contributed by atoms with E-state index in [1.54, 1.807) is 24.0 Å². The fourth-order valence-electron chi connectivity index (χ4n) is 2.20. The highest BCUT2D eigenvalue weighted by Gasteiger charge is 2.38. The van der Waals surface area contributed by atoms with Gasteiger partial charge in [0.2, 0.25) is 0 Å². The van der Waals surface area contributed by atoms with Gasteiger partial charge in [0.25, 0.3) is 5.91 Å². The van der Waals surface area contributed by atoms with Crippen LogP contribution in [0.3, 0.4) is 0 Å². The third-order valence-electron chi connectivity index (χ3n) is 3.54. The van der Waals surface area contributed by atoms with Crippen LogP contribution in [0.2, 0.25) is 0 Å². The van der Waals surface area contributed by atoms with Gasteiger partial charge in [-0.2, -0.15) is 18.3 Å². The minimum Gasteiger partial charge on any atom is -0.475 e. The fraction of sp³-hybridized carbons (Fsp3) is 0.250. The van der Waals surface area contributed by atoms with Crippen molar-refractivity contribution in [3.63, 3.8) is 0 Å². The topological polar surface area (TPSA) is 133 Å². The number of aliphatic hydroxyl groups is 1. The molecule has 4 N–H and O–H groups in total. The fourth-order valence-corrected chi connectivity index (χ4v) is 2.20. The van der Waals surface area contributed by atoms with Crippen LogP contribution in [-0.2, 0) is 11.8 Å². The third-order valence-corrected chi connectivity index (χ3v) is 3.54. The predicted octanol–water partition coefficient (Wildman–Crippen LogP) is 1.39. The van der Waals surface area contributed by atoms with Crippen LogP contribution in [0.15, 0.2) is 36.7 Å². The van der Waals surface area contributed by atoms with Crippen LogP contribution in [0.1, 0.15) is 22.4 Å². The summed E-state index contributed by atoms with van der Waals surface area (Å²) >= 11 is 0. The number of rotatable bonds is 4. The summed E-state index contributed by atoms with van der Waals surface area (Å²) in [6.07, 6.45) is -2.61. The number of carbonyl (C=O) groups excluding carboxylic acids is 1. The van der Waals surface area contributed by atoms with Crippen molar-refractivity contribution in [2.24, 2.45) is 7.05 Å². The number of aromatic nitrogens is 4. The maximum Gasteiger partial charge on any atom is 0.490 e. The number of para-hydroxylation sites is 1. The second kappa shape index (κ2) is 8.52. The molecule has 0 spiro atoms. The number of carboxylic acids is 1. The Kier molecular flexibility index (Phi) is 6.36. The lowest BCUT2D eigenvalue weighted by molar-refractivity contribution is -0.192. The molecule has 1 amide bonds. The van der Waals surface area contributed by atoms with E-state index in [0.717, 1.165) is 10.9 Å². The maximum atomic E-state index is 12.1. The minimum absolute atomic E-state index is 0.0743. The highest BCUT2D eigenvalue weighted by atomic mass is 19.4. The summed E-state index contributed by atoms with van der Waals surface area (Å²) in [4.78, 5) is 25.1. The van der Waals surface area contributed by atoms with Crippen LogP contribution in [0.25, 0.3) is 10.9 Å². The Labute approximate surface area is 155 Å². The molecule has 0 radical (unpaired) electrons. The third kappa shape index (κ3) is 5.07. The molecule has 150 valence electrons. The molecule has 0 aliphatic carbocycles. The number of H-pyrrole nitrogens is 1. The molecule has 0 aliphatic heterocycles. The summed E-state index contributed by atoms with van der Waals surface area (Å²) in [6.45, 7) is 0.0743.